The molecule has 1 aromatic carbocycles. The molecule has 2 N–H and O–H groups in total. The fraction of sp³-hybridized carbons (Fsp3) is 0.550. The third-order valence-electron chi connectivity index (χ3n) is 5.00. The topological polar surface area (TPSA) is 49.3 Å². The number of aromatic nitrogens is 1. The zero-order valence-electron chi connectivity index (χ0n) is 15.2. The average Bonchev–Trinajstić information content (AvgIpc) is 3.02. The van der Waals surface area contributed by atoms with Gasteiger partial charge in [0.15, 0.2) is 0 Å². The number of piperidine rings is 1. The Bertz CT molecular complexity index is 681. The summed E-state index contributed by atoms with van der Waals surface area (Å²) in [7, 11) is 0. The Kier molecular flexibility index (Phi) is 6.34. The van der Waals surface area contributed by atoms with Gasteiger partial charge in [0.25, 0.3) is 0 Å². The van der Waals surface area contributed by atoms with Gasteiger partial charge in [0.05, 0.1) is 0 Å². The molecule has 0 aliphatic carbocycles. The molecule has 0 saturated carbocycles. The highest BCUT2D eigenvalue weighted by atomic mass is 16.2. The first kappa shape index (κ1) is 17.8. The van der Waals surface area contributed by atoms with Gasteiger partial charge in [0.2, 0.25) is 0 Å². The van der Waals surface area contributed by atoms with Crippen molar-refractivity contribution in [1.29, 1.82) is 0 Å². The number of rotatable bonds is 7. The molecule has 1 atom stereocenters. The fourth-order valence-electron chi connectivity index (χ4n) is 3.67. The fourth-order valence-corrected chi connectivity index (χ4v) is 3.67. The van der Waals surface area contributed by atoms with Gasteiger partial charge in [-0.15, -0.1) is 0 Å². The number of carbonyl (C=O) groups excluding carboxylic acids is 1. The van der Waals surface area contributed by atoms with Crippen LogP contribution < -0.4 is 10.6 Å². The van der Waals surface area contributed by atoms with Gasteiger partial charge >= 0.3 is 6.03 Å². The smallest absolute Gasteiger partial charge is 0.314 e. The average molecular weight is 342 g/mol. The number of nitrogens with one attached hydrogen (secondary N) is 2. The van der Waals surface area contributed by atoms with E-state index in [9.17, 15) is 4.79 Å². The molecule has 1 aliphatic rings. The summed E-state index contributed by atoms with van der Waals surface area (Å²) in [6.45, 7) is 7.92. The number of amides is 2. The van der Waals surface area contributed by atoms with Gasteiger partial charge in [-0.05, 0) is 49.2 Å². The van der Waals surface area contributed by atoms with Crippen molar-refractivity contribution in [2.24, 2.45) is 5.92 Å². The first-order valence-corrected chi connectivity index (χ1v) is 9.50. The monoisotopic (exact) mass is 342 g/mol. The van der Waals surface area contributed by atoms with E-state index in [-0.39, 0.29) is 6.03 Å². The summed E-state index contributed by atoms with van der Waals surface area (Å²) in [4.78, 5) is 14.3. The van der Waals surface area contributed by atoms with Crippen LogP contribution in [0, 0.1) is 5.92 Å². The second-order valence-electron chi connectivity index (χ2n) is 7.15. The number of urea groups is 1. The van der Waals surface area contributed by atoms with Crippen LogP contribution in [0.15, 0.2) is 36.5 Å². The van der Waals surface area contributed by atoms with Crippen LogP contribution in [-0.4, -0.2) is 48.2 Å². The lowest BCUT2D eigenvalue weighted by Gasteiger charge is -2.30. The molecule has 1 aromatic heterocycles. The van der Waals surface area contributed by atoms with Gasteiger partial charge in [-0.2, -0.15) is 0 Å². The lowest BCUT2D eigenvalue weighted by molar-refractivity contribution is 0.184. The summed E-state index contributed by atoms with van der Waals surface area (Å²) in [5, 5.41) is 7.19. The van der Waals surface area contributed by atoms with Crippen molar-refractivity contribution in [1.82, 2.24) is 20.1 Å². The molecule has 1 unspecified atom stereocenters. The zero-order valence-corrected chi connectivity index (χ0v) is 15.2. The minimum Gasteiger partial charge on any atom is -0.347 e. The summed E-state index contributed by atoms with van der Waals surface area (Å²) >= 11 is 0. The van der Waals surface area contributed by atoms with Crippen LogP contribution in [0.5, 0.6) is 0 Å². The van der Waals surface area contributed by atoms with E-state index >= 15 is 0 Å². The summed E-state index contributed by atoms with van der Waals surface area (Å²) in [5.41, 5.74) is 1.25. The maximum absolute atomic E-state index is 11.9. The van der Waals surface area contributed by atoms with Crippen molar-refractivity contribution >= 4 is 16.9 Å². The van der Waals surface area contributed by atoms with Crippen molar-refractivity contribution in [3.05, 3.63) is 36.5 Å². The van der Waals surface area contributed by atoms with Gasteiger partial charge < -0.3 is 20.1 Å². The number of nitrogens with zero attached hydrogens (tertiary/aromatic N) is 2. The number of hydrogen-bond donors (Lipinski definition) is 2. The van der Waals surface area contributed by atoms with Crippen LogP contribution in [0.2, 0.25) is 0 Å². The number of carbonyl (C=O) groups is 1. The van der Waals surface area contributed by atoms with E-state index in [2.05, 4.69) is 63.6 Å². The van der Waals surface area contributed by atoms with Crippen LogP contribution in [0.25, 0.3) is 10.9 Å². The Morgan fingerprint density at radius 2 is 2.00 bits per heavy atom. The summed E-state index contributed by atoms with van der Waals surface area (Å²) in [5.74, 6) is 0.785. The maximum Gasteiger partial charge on any atom is 0.314 e. The Balaban J connectivity index is 1.29. The van der Waals surface area contributed by atoms with Gasteiger partial charge in [-0.25, -0.2) is 4.79 Å². The van der Waals surface area contributed by atoms with Gasteiger partial charge in [-0.1, -0.05) is 25.1 Å². The van der Waals surface area contributed by atoms with Crippen LogP contribution >= 0.6 is 0 Å². The first-order chi connectivity index (χ1) is 12.2. The second kappa shape index (κ2) is 8.90. The molecule has 2 amide bonds. The van der Waals surface area contributed by atoms with E-state index in [1.54, 1.807) is 0 Å². The number of fused-ring (bicyclic) bond motifs is 1. The number of aryl methyl sites for hydroxylation is 1. The quantitative estimate of drug-likeness (QED) is 0.760. The molecule has 25 heavy (non-hydrogen) atoms. The van der Waals surface area contributed by atoms with E-state index in [4.69, 9.17) is 0 Å². The van der Waals surface area contributed by atoms with Crippen molar-refractivity contribution in [3.8, 4) is 0 Å². The Hall–Kier alpha value is -2.01. The molecule has 136 valence electrons. The van der Waals surface area contributed by atoms with Crippen LogP contribution in [0.3, 0.4) is 0 Å². The Morgan fingerprint density at radius 3 is 2.88 bits per heavy atom. The van der Waals surface area contributed by atoms with E-state index in [1.807, 2.05) is 0 Å². The minimum absolute atomic E-state index is 0.0533. The largest absolute Gasteiger partial charge is 0.347 e. The molecule has 1 saturated heterocycles. The van der Waals surface area contributed by atoms with Gasteiger partial charge in [0, 0.05) is 44.4 Å². The lowest BCUT2D eigenvalue weighted by atomic mass is 10.0. The predicted octanol–water partition coefficient (Wildman–Crippen LogP) is 3.06. The Labute approximate surface area is 150 Å². The highest BCUT2D eigenvalue weighted by molar-refractivity contribution is 5.79. The van der Waals surface area contributed by atoms with Crippen LogP contribution in [-0.2, 0) is 6.54 Å². The minimum atomic E-state index is -0.0533. The lowest BCUT2D eigenvalue weighted by Crippen LogP contribution is -2.43. The predicted molar refractivity (Wildman–Crippen MR) is 103 cm³/mol. The third kappa shape index (κ3) is 5.23. The molecular formula is C20H30N4O. The molecule has 5 heteroatoms. The highest BCUT2D eigenvalue weighted by Crippen LogP contribution is 2.15. The van der Waals surface area contributed by atoms with Crippen molar-refractivity contribution < 1.29 is 4.79 Å². The third-order valence-corrected chi connectivity index (χ3v) is 5.00. The van der Waals surface area contributed by atoms with Crippen LogP contribution in [0.1, 0.15) is 26.2 Å². The molecule has 1 fully saturated rings. The molecule has 3 rings (SSSR count). The second-order valence-corrected chi connectivity index (χ2v) is 7.15. The normalized spacial score (nSPS) is 18.4. The number of hydrogen-bond acceptors (Lipinski definition) is 2. The van der Waals surface area contributed by atoms with Crippen molar-refractivity contribution in [3.63, 3.8) is 0 Å². The maximum atomic E-state index is 11.9. The molecule has 0 bridgehead atoms. The molecule has 0 radical (unpaired) electrons. The van der Waals surface area contributed by atoms with Gasteiger partial charge in [-0.3, -0.25) is 0 Å². The standard InChI is InChI=1S/C20H30N4O/c1-17-6-4-12-23(16-17)15-11-22-20(25)21-10-5-13-24-14-9-18-7-2-3-8-19(18)24/h2-3,7-9,14,17H,4-6,10-13,15-16H2,1H3,(H2,21,22,25). The molecule has 0 spiro atoms. The van der Waals surface area contributed by atoms with E-state index in [1.165, 1.54) is 30.3 Å². The summed E-state index contributed by atoms with van der Waals surface area (Å²) < 4.78 is 2.24. The molecule has 2 aromatic rings. The summed E-state index contributed by atoms with van der Waals surface area (Å²) in [6.07, 6.45) is 5.66. The van der Waals surface area contributed by atoms with E-state index < -0.39 is 0 Å². The number of benzene rings is 1. The SMILES string of the molecule is CC1CCCN(CCNC(=O)NCCCn2ccc3ccccc32)C1. The summed E-state index contributed by atoms with van der Waals surface area (Å²) in [6, 6.07) is 10.5. The molecule has 2 heterocycles. The molecule has 1 aliphatic heterocycles. The molecular weight excluding hydrogens is 312 g/mol. The van der Waals surface area contributed by atoms with Crippen molar-refractivity contribution in [2.45, 2.75) is 32.7 Å². The Morgan fingerprint density at radius 1 is 1.16 bits per heavy atom. The molecule has 5 nitrogen and oxygen atoms in total. The van der Waals surface area contributed by atoms with Gasteiger partial charge in [0.1, 0.15) is 0 Å². The highest BCUT2D eigenvalue weighted by Gasteiger charge is 2.15. The van der Waals surface area contributed by atoms with E-state index in [0.717, 1.165) is 38.5 Å². The number of likely N-dealkylation sites (tertiary alicyclic amines) is 1. The first-order valence-electron chi connectivity index (χ1n) is 9.50. The zero-order chi connectivity index (χ0) is 17.5. The van der Waals surface area contributed by atoms with Crippen molar-refractivity contribution in [2.75, 3.05) is 32.7 Å². The number of para-hydroxylation sites is 1. The van der Waals surface area contributed by atoms with E-state index in [0.29, 0.717) is 6.54 Å². The van der Waals surface area contributed by atoms with Crippen LogP contribution in [0.4, 0.5) is 4.79 Å².